The fraction of sp³-hybridized carbons (Fsp3) is 0.208. The van der Waals surface area contributed by atoms with Gasteiger partial charge < -0.3 is 9.64 Å². The number of esters is 1. The van der Waals surface area contributed by atoms with Crippen molar-refractivity contribution in [1.29, 1.82) is 0 Å². The number of nitrogens with zero attached hydrogens (tertiary/aromatic N) is 1. The number of benzene rings is 3. The molecule has 0 saturated carbocycles. The maximum absolute atomic E-state index is 12.4. The second-order valence-electron chi connectivity index (χ2n) is 6.56. The molecule has 3 aromatic rings. The molecule has 0 aromatic heterocycles. The van der Waals surface area contributed by atoms with Crippen LogP contribution in [0.5, 0.6) is 0 Å². The summed E-state index contributed by atoms with van der Waals surface area (Å²) in [5, 5.41) is 0. The number of methoxy groups -OCH3 is 1. The standard InChI is InChI=1S/C24H25NO2/c1-4-9-19-10-5-7-12-22(19)25(20-16-14-18(2)15-17-20)23-13-8-6-11-21(23)24(26)27-3/h5-8,10-17H,4,9H2,1-3H3. The van der Waals surface area contributed by atoms with Crippen molar-refractivity contribution in [2.75, 3.05) is 12.0 Å². The van der Waals surface area contributed by atoms with Crippen molar-refractivity contribution in [2.24, 2.45) is 0 Å². The molecule has 3 aromatic carbocycles. The minimum atomic E-state index is -0.337. The number of carbonyl (C=O) groups excluding carboxylic acids is 1. The van der Waals surface area contributed by atoms with Gasteiger partial charge in [-0.25, -0.2) is 4.79 Å². The Balaban J connectivity index is 2.24. The third-order valence-electron chi connectivity index (χ3n) is 4.59. The van der Waals surface area contributed by atoms with E-state index in [9.17, 15) is 4.79 Å². The summed E-state index contributed by atoms with van der Waals surface area (Å²) >= 11 is 0. The van der Waals surface area contributed by atoms with Crippen LogP contribution in [0.4, 0.5) is 17.1 Å². The summed E-state index contributed by atoms with van der Waals surface area (Å²) < 4.78 is 5.03. The van der Waals surface area contributed by atoms with Gasteiger partial charge in [0, 0.05) is 11.4 Å². The van der Waals surface area contributed by atoms with Gasteiger partial charge in [0.1, 0.15) is 0 Å². The molecule has 0 bridgehead atoms. The number of hydrogen-bond donors (Lipinski definition) is 0. The fourth-order valence-electron chi connectivity index (χ4n) is 3.26. The Bertz CT molecular complexity index is 916. The quantitative estimate of drug-likeness (QED) is 0.490. The summed E-state index contributed by atoms with van der Waals surface area (Å²) in [5.74, 6) is -0.337. The molecule has 0 aliphatic rings. The zero-order valence-electron chi connectivity index (χ0n) is 16.1. The first-order chi connectivity index (χ1) is 13.2. The van der Waals surface area contributed by atoms with Gasteiger partial charge in [0.05, 0.1) is 18.4 Å². The topological polar surface area (TPSA) is 29.5 Å². The predicted octanol–water partition coefficient (Wildman–Crippen LogP) is 6.20. The van der Waals surface area contributed by atoms with Crippen molar-refractivity contribution in [3.8, 4) is 0 Å². The van der Waals surface area contributed by atoms with Gasteiger partial charge >= 0.3 is 5.97 Å². The molecule has 0 N–H and O–H groups in total. The molecule has 0 unspecified atom stereocenters. The van der Waals surface area contributed by atoms with Crippen molar-refractivity contribution in [3.63, 3.8) is 0 Å². The number of aryl methyl sites for hydroxylation is 2. The first kappa shape index (κ1) is 18.7. The number of para-hydroxylation sites is 2. The first-order valence-corrected chi connectivity index (χ1v) is 9.27. The lowest BCUT2D eigenvalue weighted by Gasteiger charge is -2.29. The normalized spacial score (nSPS) is 10.5. The van der Waals surface area contributed by atoms with Gasteiger partial charge in [-0.2, -0.15) is 0 Å². The lowest BCUT2D eigenvalue weighted by molar-refractivity contribution is 0.0601. The van der Waals surface area contributed by atoms with E-state index in [1.54, 1.807) is 0 Å². The highest BCUT2D eigenvalue weighted by atomic mass is 16.5. The molecule has 138 valence electrons. The van der Waals surface area contributed by atoms with Crippen molar-refractivity contribution >= 4 is 23.0 Å². The maximum Gasteiger partial charge on any atom is 0.339 e. The van der Waals surface area contributed by atoms with Crippen molar-refractivity contribution in [3.05, 3.63) is 89.5 Å². The van der Waals surface area contributed by atoms with Crippen LogP contribution in [0.1, 0.15) is 34.8 Å². The van der Waals surface area contributed by atoms with Gasteiger partial charge in [0.2, 0.25) is 0 Å². The third-order valence-corrected chi connectivity index (χ3v) is 4.59. The maximum atomic E-state index is 12.4. The minimum Gasteiger partial charge on any atom is -0.465 e. The Morgan fingerprint density at radius 1 is 0.889 bits per heavy atom. The Morgan fingerprint density at radius 3 is 2.19 bits per heavy atom. The Morgan fingerprint density at radius 2 is 1.52 bits per heavy atom. The first-order valence-electron chi connectivity index (χ1n) is 9.27. The van der Waals surface area contributed by atoms with Crippen LogP contribution in [-0.4, -0.2) is 13.1 Å². The van der Waals surface area contributed by atoms with Crippen LogP contribution in [0, 0.1) is 6.92 Å². The highest BCUT2D eigenvalue weighted by Gasteiger charge is 2.21. The smallest absolute Gasteiger partial charge is 0.339 e. The van der Waals surface area contributed by atoms with Crippen LogP contribution >= 0.6 is 0 Å². The number of anilines is 3. The Labute approximate surface area is 161 Å². The zero-order chi connectivity index (χ0) is 19.2. The molecule has 0 spiro atoms. The molecule has 27 heavy (non-hydrogen) atoms. The minimum absolute atomic E-state index is 0.337. The highest BCUT2D eigenvalue weighted by Crippen LogP contribution is 2.39. The number of rotatable bonds is 6. The average molecular weight is 359 g/mol. The van der Waals surface area contributed by atoms with E-state index in [2.05, 4.69) is 61.2 Å². The monoisotopic (exact) mass is 359 g/mol. The molecular formula is C24H25NO2. The van der Waals surface area contributed by atoms with E-state index >= 15 is 0 Å². The van der Waals surface area contributed by atoms with Gasteiger partial charge in [-0.15, -0.1) is 0 Å². The van der Waals surface area contributed by atoms with Crippen LogP contribution in [0.2, 0.25) is 0 Å². The Hall–Kier alpha value is -3.07. The molecule has 0 fully saturated rings. The van der Waals surface area contributed by atoms with Crippen molar-refractivity contribution < 1.29 is 9.53 Å². The average Bonchev–Trinajstić information content (AvgIpc) is 2.71. The van der Waals surface area contributed by atoms with E-state index in [1.807, 2.05) is 30.3 Å². The van der Waals surface area contributed by atoms with Crippen LogP contribution in [0.15, 0.2) is 72.8 Å². The van der Waals surface area contributed by atoms with Crippen molar-refractivity contribution in [2.45, 2.75) is 26.7 Å². The predicted molar refractivity (Wildman–Crippen MR) is 111 cm³/mol. The molecule has 0 radical (unpaired) electrons. The van der Waals surface area contributed by atoms with E-state index in [-0.39, 0.29) is 5.97 Å². The lowest BCUT2D eigenvalue weighted by atomic mass is 10.0. The number of hydrogen-bond acceptors (Lipinski definition) is 3. The molecule has 3 nitrogen and oxygen atoms in total. The van der Waals surface area contributed by atoms with E-state index in [4.69, 9.17) is 4.74 Å². The summed E-state index contributed by atoms with van der Waals surface area (Å²) in [4.78, 5) is 14.6. The molecule has 0 aliphatic heterocycles. The van der Waals surface area contributed by atoms with Crippen molar-refractivity contribution in [1.82, 2.24) is 0 Å². The molecule has 0 saturated heterocycles. The molecular weight excluding hydrogens is 334 g/mol. The van der Waals surface area contributed by atoms with Gasteiger partial charge in [-0.1, -0.05) is 61.4 Å². The largest absolute Gasteiger partial charge is 0.465 e. The van der Waals surface area contributed by atoms with Crippen LogP contribution in [0.3, 0.4) is 0 Å². The van der Waals surface area contributed by atoms with E-state index in [1.165, 1.54) is 18.2 Å². The third kappa shape index (κ3) is 4.03. The zero-order valence-corrected chi connectivity index (χ0v) is 16.1. The molecule has 0 atom stereocenters. The molecule has 3 rings (SSSR count). The summed E-state index contributed by atoms with van der Waals surface area (Å²) in [6.45, 7) is 4.25. The van der Waals surface area contributed by atoms with Gasteiger partial charge in [-0.05, 0) is 49.2 Å². The van der Waals surface area contributed by atoms with Gasteiger partial charge in [0.25, 0.3) is 0 Å². The SMILES string of the molecule is CCCc1ccccc1N(c1ccc(C)cc1)c1ccccc1C(=O)OC. The van der Waals surface area contributed by atoms with Gasteiger partial charge in [0.15, 0.2) is 0 Å². The Kier molecular flexibility index (Phi) is 5.92. The summed E-state index contributed by atoms with van der Waals surface area (Å²) in [6.07, 6.45) is 2.02. The number of carbonyl (C=O) groups is 1. The molecule has 0 aliphatic carbocycles. The summed E-state index contributed by atoms with van der Waals surface area (Å²) in [5.41, 5.74) is 5.91. The van der Waals surface area contributed by atoms with Crippen LogP contribution < -0.4 is 4.90 Å². The van der Waals surface area contributed by atoms with Crippen LogP contribution in [-0.2, 0) is 11.2 Å². The molecule has 3 heteroatoms. The van der Waals surface area contributed by atoms with Gasteiger partial charge in [-0.3, -0.25) is 0 Å². The molecule has 0 heterocycles. The van der Waals surface area contributed by atoms with Crippen LogP contribution in [0.25, 0.3) is 0 Å². The van der Waals surface area contributed by atoms with E-state index < -0.39 is 0 Å². The lowest BCUT2D eigenvalue weighted by Crippen LogP contribution is -2.16. The fourth-order valence-corrected chi connectivity index (χ4v) is 3.26. The number of ether oxygens (including phenoxy) is 1. The molecule has 0 amide bonds. The van der Waals surface area contributed by atoms with E-state index in [0.29, 0.717) is 5.56 Å². The highest BCUT2D eigenvalue weighted by molar-refractivity contribution is 5.98. The second kappa shape index (κ2) is 8.54. The second-order valence-corrected chi connectivity index (χ2v) is 6.56. The summed E-state index contributed by atoms with van der Waals surface area (Å²) in [6, 6.07) is 24.3. The summed E-state index contributed by atoms with van der Waals surface area (Å²) in [7, 11) is 1.42. The van der Waals surface area contributed by atoms with E-state index in [0.717, 1.165) is 29.9 Å².